The zero-order valence-electron chi connectivity index (χ0n) is 12.1. The lowest BCUT2D eigenvalue weighted by Gasteiger charge is -2.18. The lowest BCUT2D eigenvalue weighted by molar-refractivity contribution is 0.309. The molecule has 1 N–H and O–H groups in total. The molecule has 18 heavy (non-hydrogen) atoms. The van der Waals surface area contributed by atoms with Gasteiger partial charge in [-0.3, -0.25) is 9.58 Å². The molecule has 0 fully saturated rings. The van der Waals surface area contributed by atoms with E-state index >= 15 is 0 Å². The van der Waals surface area contributed by atoms with Gasteiger partial charge in [0.2, 0.25) is 0 Å². The highest BCUT2D eigenvalue weighted by Gasteiger charge is 2.13. The number of hydrogen-bond acceptors (Lipinski definition) is 3. The first-order chi connectivity index (χ1) is 8.45. The molecule has 4 nitrogen and oxygen atoms in total. The fraction of sp³-hybridized carbons (Fsp3) is 0.769. The Balaban J connectivity index is 2.55. The predicted octanol–water partition coefficient (Wildman–Crippen LogP) is 2.40. The van der Waals surface area contributed by atoms with Gasteiger partial charge in [-0.2, -0.15) is 5.10 Å². The zero-order chi connectivity index (χ0) is 13.7. The maximum absolute atomic E-state index is 4.52. The van der Waals surface area contributed by atoms with Gasteiger partial charge in [0.15, 0.2) is 0 Å². The van der Waals surface area contributed by atoms with E-state index in [2.05, 4.69) is 63.7 Å². The van der Waals surface area contributed by atoms with Gasteiger partial charge in [0.25, 0.3) is 0 Å². The summed E-state index contributed by atoms with van der Waals surface area (Å²) in [5.74, 6) is 0. The highest BCUT2D eigenvalue weighted by atomic mass is 79.9. The van der Waals surface area contributed by atoms with E-state index in [0.29, 0.717) is 6.04 Å². The molecule has 0 radical (unpaired) electrons. The lowest BCUT2D eigenvalue weighted by Crippen LogP contribution is -2.33. The number of likely N-dealkylation sites (N-methyl/N-ethyl adjacent to an activating group) is 1. The van der Waals surface area contributed by atoms with Crippen molar-refractivity contribution in [2.45, 2.75) is 46.8 Å². The maximum Gasteiger partial charge on any atom is 0.0739 e. The molecule has 0 bridgehead atoms. The monoisotopic (exact) mass is 316 g/mol. The smallest absolute Gasteiger partial charge is 0.0739 e. The summed E-state index contributed by atoms with van der Waals surface area (Å²) in [5.41, 5.74) is 2.34. The van der Waals surface area contributed by atoms with Gasteiger partial charge in [-0.25, -0.2) is 0 Å². The van der Waals surface area contributed by atoms with Crippen molar-refractivity contribution >= 4 is 15.9 Å². The van der Waals surface area contributed by atoms with Gasteiger partial charge in [-0.15, -0.1) is 0 Å². The summed E-state index contributed by atoms with van der Waals surface area (Å²) in [6.45, 7) is 12.4. The molecule has 0 amide bonds. The first kappa shape index (κ1) is 15.7. The van der Waals surface area contributed by atoms with E-state index in [1.807, 2.05) is 6.92 Å². The minimum atomic E-state index is 0.550. The Morgan fingerprint density at radius 2 is 2.11 bits per heavy atom. The van der Waals surface area contributed by atoms with E-state index < -0.39 is 0 Å². The Morgan fingerprint density at radius 1 is 1.44 bits per heavy atom. The van der Waals surface area contributed by atoms with Crippen LogP contribution in [-0.2, 0) is 13.1 Å². The Labute approximate surface area is 119 Å². The summed E-state index contributed by atoms with van der Waals surface area (Å²) >= 11 is 3.64. The molecule has 5 heteroatoms. The highest BCUT2D eigenvalue weighted by molar-refractivity contribution is 9.10. The van der Waals surface area contributed by atoms with Crippen LogP contribution in [0.3, 0.4) is 0 Å². The summed E-state index contributed by atoms with van der Waals surface area (Å²) in [4.78, 5) is 2.32. The van der Waals surface area contributed by atoms with Crippen molar-refractivity contribution in [3.8, 4) is 0 Å². The molecule has 0 aromatic carbocycles. The van der Waals surface area contributed by atoms with Crippen molar-refractivity contribution in [1.29, 1.82) is 0 Å². The fourth-order valence-electron chi connectivity index (χ4n) is 1.90. The van der Waals surface area contributed by atoms with Gasteiger partial charge in [0.1, 0.15) is 0 Å². The van der Waals surface area contributed by atoms with E-state index in [-0.39, 0.29) is 0 Å². The van der Waals surface area contributed by atoms with E-state index in [9.17, 15) is 0 Å². The molecule has 1 heterocycles. The molecule has 104 valence electrons. The summed E-state index contributed by atoms with van der Waals surface area (Å²) in [5, 5.41) is 7.95. The maximum atomic E-state index is 4.52. The Morgan fingerprint density at radius 3 is 2.67 bits per heavy atom. The minimum absolute atomic E-state index is 0.550. The van der Waals surface area contributed by atoms with Gasteiger partial charge >= 0.3 is 0 Å². The molecule has 0 atom stereocenters. The number of aromatic nitrogens is 2. The van der Waals surface area contributed by atoms with Crippen LogP contribution in [0, 0.1) is 6.92 Å². The third kappa shape index (κ3) is 4.37. The topological polar surface area (TPSA) is 33.1 Å². The van der Waals surface area contributed by atoms with E-state index in [1.165, 1.54) is 5.69 Å². The zero-order valence-corrected chi connectivity index (χ0v) is 13.7. The van der Waals surface area contributed by atoms with Crippen molar-refractivity contribution in [3.63, 3.8) is 0 Å². The summed E-state index contributed by atoms with van der Waals surface area (Å²) in [6, 6.07) is 0.550. The SMILES string of the molecule is CCn1nc(C)c(Br)c1CN(C)CCNC(C)C. The van der Waals surface area contributed by atoms with Crippen molar-refractivity contribution < 1.29 is 0 Å². The number of halogens is 1. The molecule has 1 aromatic heterocycles. The van der Waals surface area contributed by atoms with Gasteiger partial charge in [0.05, 0.1) is 15.9 Å². The Bertz CT molecular complexity index is 373. The lowest BCUT2D eigenvalue weighted by atomic mass is 10.3. The largest absolute Gasteiger partial charge is 0.313 e. The van der Waals surface area contributed by atoms with E-state index in [1.54, 1.807) is 0 Å². The van der Waals surface area contributed by atoms with Crippen LogP contribution in [-0.4, -0.2) is 40.9 Å². The van der Waals surface area contributed by atoms with Crippen LogP contribution in [0.4, 0.5) is 0 Å². The minimum Gasteiger partial charge on any atom is -0.313 e. The van der Waals surface area contributed by atoms with Crippen molar-refractivity contribution in [3.05, 3.63) is 15.9 Å². The van der Waals surface area contributed by atoms with Gasteiger partial charge in [-0.1, -0.05) is 13.8 Å². The summed E-state index contributed by atoms with van der Waals surface area (Å²) < 4.78 is 3.22. The average Bonchev–Trinajstić information content (AvgIpc) is 2.56. The van der Waals surface area contributed by atoms with Crippen LogP contribution in [0.2, 0.25) is 0 Å². The molecule has 1 aromatic rings. The molecule has 0 aliphatic heterocycles. The molecule has 0 unspecified atom stereocenters. The number of nitrogens with zero attached hydrogens (tertiary/aromatic N) is 3. The third-order valence-corrected chi connectivity index (χ3v) is 3.95. The van der Waals surface area contributed by atoms with Crippen molar-refractivity contribution in [2.75, 3.05) is 20.1 Å². The average molecular weight is 317 g/mol. The van der Waals surface area contributed by atoms with Crippen LogP contribution >= 0.6 is 15.9 Å². The number of hydrogen-bond donors (Lipinski definition) is 1. The molecular formula is C13H25BrN4. The summed E-state index contributed by atoms with van der Waals surface area (Å²) in [7, 11) is 2.15. The van der Waals surface area contributed by atoms with Crippen molar-refractivity contribution in [1.82, 2.24) is 20.0 Å². The number of aryl methyl sites for hydroxylation is 2. The fourth-order valence-corrected chi connectivity index (χ4v) is 2.31. The Kier molecular flexibility index (Phi) is 6.32. The number of rotatable bonds is 7. The second-order valence-electron chi connectivity index (χ2n) is 5.01. The second kappa shape index (κ2) is 7.26. The molecular weight excluding hydrogens is 292 g/mol. The summed E-state index contributed by atoms with van der Waals surface area (Å²) in [6.07, 6.45) is 0. The molecule has 0 saturated heterocycles. The quantitative estimate of drug-likeness (QED) is 0.838. The van der Waals surface area contributed by atoms with E-state index in [0.717, 1.165) is 36.3 Å². The Hall–Kier alpha value is -0.390. The second-order valence-corrected chi connectivity index (χ2v) is 5.80. The van der Waals surface area contributed by atoms with Crippen LogP contribution < -0.4 is 5.32 Å². The molecule has 0 aliphatic rings. The molecule has 0 saturated carbocycles. The van der Waals surface area contributed by atoms with Crippen LogP contribution in [0.15, 0.2) is 4.47 Å². The van der Waals surface area contributed by atoms with Crippen LogP contribution in [0.1, 0.15) is 32.2 Å². The van der Waals surface area contributed by atoms with E-state index in [4.69, 9.17) is 0 Å². The number of nitrogens with one attached hydrogen (secondary N) is 1. The van der Waals surface area contributed by atoms with Crippen molar-refractivity contribution in [2.24, 2.45) is 0 Å². The van der Waals surface area contributed by atoms with Crippen LogP contribution in [0.25, 0.3) is 0 Å². The van der Waals surface area contributed by atoms with Crippen LogP contribution in [0.5, 0.6) is 0 Å². The highest BCUT2D eigenvalue weighted by Crippen LogP contribution is 2.21. The first-order valence-electron chi connectivity index (χ1n) is 6.59. The predicted molar refractivity (Wildman–Crippen MR) is 79.8 cm³/mol. The molecule has 1 rings (SSSR count). The van der Waals surface area contributed by atoms with Gasteiger partial charge in [-0.05, 0) is 36.8 Å². The standard InChI is InChI=1S/C13H25BrN4/c1-6-18-12(13(14)11(4)16-18)9-17(5)8-7-15-10(2)3/h10,15H,6-9H2,1-5H3. The van der Waals surface area contributed by atoms with Gasteiger partial charge in [0, 0.05) is 32.2 Å². The normalized spacial score (nSPS) is 11.8. The first-order valence-corrected chi connectivity index (χ1v) is 7.38. The van der Waals surface area contributed by atoms with Gasteiger partial charge < -0.3 is 5.32 Å². The third-order valence-electron chi connectivity index (χ3n) is 2.92. The molecule has 0 aliphatic carbocycles. The molecule has 0 spiro atoms.